The summed E-state index contributed by atoms with van der Waals surface area (Å²) >= 11 is 0. The Balaban J connectivity index is 1.78. The number of nitrogens with zero attached hydrogens (tertiary/aromatic N) is 1. The van der Waals surface area contributed by atoms with Crippen LogP contribution in [0.3, 0.4) is 0 Å². The summed E-state index contributed by atoms with van der Waals surface area (Å²) in [6, 6.07) is 12.3. The Labute approximate surface area is 214 Å². The fourth-order valence-corrected chi connectivity index (χ4v) is 4.89. The van der Waals surface area contributed by atoms with Crippen molar-refractivity contribution in [3.8, 4) is 16.9 Å². The van der Waals surface area contributed by atoms with Crippen LogP contribution in [-0.2, 0) is 14.3 Å². The van der Waals surface area contributed by atoms with E-state index >= 15 is 0 Å². The van der Waals surface area contributed by atoms with Crippen LogP contribution in [-0.4, -0.2) is 42.7 Å². The van der Waals surface area contributed by atoms with Gasteiger partial charge in [0, 0.05) is 17.1 Å². The molecular formula is C30H38N2O4. The number of fused-ring (bicyclic) bond motifs is 1. The molecule has 6 heteroatoms. The van der Waals surface area contributed by atoms with Gasteiger partial charge in [-0.05, 0) is 62.1 Å². The molecule has 0 bridgehead atoms. The highest BCUT2D eigenvalue weighted by molar-refractivity contribution is 6.05. The first kappa shape index (κ1) is 25.8. The van der Waals surface area contributed by atoms with Crippen molar-refractivity contribution in [1.29, 1.82) is 0 Å². The minimum Gasteiger partial charge on any atom is -0.496 e. The Kier molecular flexibility index (Phi) is 8.02. The Morgan fingerprint density at radius 1 is 1.17 bits per heavy atom. The van der Waals surface area contributed by atoms with Gasteiger partial charge in [-0.2, -0.15) is 0 Å². The zero-order valence-electron chi connectivity index (χ0n) is 22.1. The minimum absolute atomic E-state index is 0.154. The van der Waals surface area contributed by atoms with Crippen LogP contribution >= 0.6 is 0 Å². The summed E-state index contributed by atoms with van der Waals surface area (Å²) in [7, 11) is 1.67. The molecule has 1 aliphatic rings. The second-order valence-corrected chi connectivity index (χ2v) is 10.1. The molecule has 6 nitrogen and oxygen atoms in total. The average Bonchev–Trinajstić information content (AvgIpc) is 3.45. The predicted molar refractivity (Wildman–Crippen MR) is 145 cm³/mol. The van der Waals surface area contributed by atoms with Crippen LogP contribution in [0.1, 0.15) is 76.8 Å². The van der Waals surface area contributed by atoms with Gasteiger partial charge >= 0.3 is 5.97 Å². The zero-order valence-corrected chi connectivity index (χ0v) is 22.1. The molecule has 1 aliphatic heterocycles. The number of aliphatic imine (C=N–C) groups is 1. The molecule has 36 heavy (non-hydrogen) atoms. The monoisotopic (exact) mass is 490 g/mol. The van der Waals surface area contributed by atoms with Crippen molar-refractivity contribution in [3.63, 3.8) is 0 Å². The molecule has 3 aromatic rings. The van der Waals surface area contributed by atoms with Gasteiger partial charge in [0.2, 0.25) is 5.90 Å². The van der Waals surface area contributed by atoms with E-state index in [1.165, 1.54) is 6.42 Å². The number of aromatic nitrogens is 1. The number of rotatable bonds is 11. The average molecular weight is 491 g/mol. The normalized spacial score (nSPS) is 15.4. The van der Waals surface area contributed by atoms with E-state index in [-0.39, 0.29) is 17.4 Å². The lowest BCUT2D eigenvalue weighted by Crippen LogP contribution is -2.17. The van der Waals surface area contributed by atoms with Crippen molar-refractivity contribution >= 4 is 22.8 Å². The van der Waals surface area contributed by atoms with Gasteiger partial charge < -0.3 is 19.2 Å². The number of hydrogen-bond acceptors (Lipinski definition) is 5. The van der Waals surface area contributed by atoms with Gasteiger partial charge in [0.1, 0.15) is 12.4 Å². The highest BCUT2D eigenvalue weighted by Gasteiger charge is 2.31. The van der Waals surface area contributed by atoms with E-state index < -0.39 is 0 Å². The summed E-state index contributed by atoms with van der Waals surface area (Å²) in [6.07, 6.45) is 7.20. The van der Waals surface area contributed by atoms with Crippen LogP contribution in [0.4, 0.5) is 0 Å². The molecule has 0 radical (unpaired) electrons. The second-order valence-electron chi connectivity index (χ2n) is 10.1. The first-order valence-electron chi connectivity index (χ1n) is 13.1. The van der Waals surface area contributed by atoms with E-state index in [9.17, 15) is 4.79 Å². The maximum Gasteiger partial charge on any atom is 0.313 e. The second kappa shape index (κ2) is 11.2. The first-order chi connectivity index (χ1) is 17.4. The van der Waals surface area contributed by atoms with E-state index in [1.807, 2.05) is 25.3 Å². The third-order valence-corrected chi connectivity index (χ3v) is 6.74. The van der Waals surface area contributed by atoms with Gasteiger partial charge in [0.25, 0.3) is 0 Å². The largest absolute Gasteiger partial charge is 0.496 e. The maximum absolute atomic E-state index is 13.0. The van der Waals surface area contributed by atoms with E-state index in [2.05, 4.69) is 50.0 Å². The number of esters is 1. The molecule has 2 aromatic carbocycles. The lowest BCUT2D eigenvalue weighted by molar-refractivity contribution is -0.145. The number of benzene rings is 2. The Morgan fingerprint density at radius 3 is 2.69 bits per heavy atom. The van der Waals surface area contributed by atoms with Crippen molar-refractivity contribution < 1.29 is 19.0 Å². The maximum atomic E-state index is 13.0. The first-order valence-corrected chi connectivity index (χ1v) is 13.1. The summed E-state index contributed by atoms with van der Waals surface area (Å²) in [5.41, 5.74) is 4.55. The number of carbonyl (C=O) groups excluding carboxylic acids is 1. The predicted octanol–water partition coefficient (Wildman–Crippen LogP) is 7.02. The molecule has 0 aliphatic carbocycles. The highest BCUT2D eigenvalue weighted by atomic mass is 16.5. The summed E-state index contributed by atoms with van der Waals surface area (Å²) in [5, 5.41) is 1.03. The summed E-state index contributed by atoms with van der Waals surface area (Å²) in [5.74, 6) is 0.873. The summed E-state index contributed by atoms with van der Waals surface area (Å²) in [6.45, 7) is 9.08. The van der Waals surface area contributed by atoms with Crippen LogP contribution < -0.4 is 4.74 Å². The molecule has 1 unspecified atom stereocenters. The minimum atomic E-state index is -0.293. The summed E-state index contributed by atoms with van der Waals surface area (Å²) in [4.78, 5) is 21.2. The number of H-pyrrole nitrogens is 1. The van der Waals surface area contributed by atoms with Gasteiger partial charge in [-0.1, -0.05) is 50.8 Å². The molecule has 2 heterocycles. The molecule has 1 N–H and O–H groups in total. The van der Waals surface area contributed by atoms with Crippen molar-refractivity contribution in [2.45, 2.75) is 71.3 Å². The lowest BCUT2D eigenvalue weighted by atomic mass is 9.91. The molecule has 0 spiro atoms. The van der Waals surface area contributed by atoms with E-state index in [0.29, 0.717) is 19.1 Å². The van der Waals surface area contributed by atoms with Gasteiger partial charge in [-0.3, -0.25) is 4.79 Å². The van der Waals surface area contributed by atoms with Crippen molar-refractivity contribution in [2.24, 2.45) is 4.99 Å². The fraction of sp³-hybridized carbons (Fsp3) is 0.467. The SMILES string of the molecule is CCCCCCC(C(=O)OCC)c1c[nH]c2ccc(-c3cccc(OC)c3C3=NC(C)(C)CO3)cc12. The van der Waals surface area contributed by atoms with Crippen LogP contribution in [0, 0.1) is 0 Å². The quantitative estimate of drug-likeness (QED) is 0.232. The number of methoxy groups -OCH3 is 1. The number of carbonyl (C=O) groups is 1. The zero-order chi connectivity index (χ0) is 25.7. The standard InChI is InChI=1S/C30H38N2O4/c1-6-8-9-10-12-22(29(33)35-7-2)24-18-31-25-16-15-20(17-23(24)25)21-13-11-14-26(34-5)27(21)28-32-30(3,4)19-36-28/h11,13-18,22,31H,6-10,12,19H2,1-5H3. The van der Waals surface area contributed by atoms with E-state index in [1.54, 1.807) is 7.11 Å². The molecule has 4 rings (SSSR count). The van der Waals surface area contributed by atoms with Crippen molar-refractivity contribution in [2.75, 3.05) is 20.3 Å². The molecule has 0 fully saturated rings. The number of unbranched alkanes of at least 4 members (excludes halogenated alkanes) is 3. The third kappa shape index (κ3) is 5.43. The number of ether oxygens (including phenoxy) is 3. The lowest BCUT2D eigenvalue weighted by Gasteiger charge is -2.16. The third-order valence-electron chi connectivity index (χ3n) is 6.74. The van der Waals surface area contributed by atoms with Crippen LogP contribution in [0.5, 0.6) is 5.75 Å². The molecule has 1 atom stereocenters. The number of aromatic amines is 1. The smallest absolute Gasteiger partial charge is 0.313 e. The molecule has 192 valence electrons. The van der Waals surface area contributed by atoms with Crippen molar-refractivity contribution in [3.05, 3.63) is 53.7 Å². The highest BCUT2D eigenvalue weighted by Crippen LogP contribution is 2.38. The number of nitrogens with one attached hydrogen (secondary N) is 1. The van der Waals surface area contributed by atoms with Gasteiger partial charge in [0.15, 0.2) is 0 Å². The van der Waals surface area contributed by atoms with Crippen LogP contribution in [0.15, 0.2) is 47.6 Å². The van der Waals surface area contributed by atoms with E-state index in [4.69, 9.17) is 19.2 Å². The Morgan fingerprint density at radius 2 is 2.00 bits per heavy atom. The topological polar surface area (TPSA) is 72.9 Å². The molecular weight excluding hydrogens is 452 g/mol. The molecule has 0 saturated heterocycles. The van der Waals surface area contributed by atoms with Gasteiger partial charge in [-0.15, -0.1) is 0 Å². The molecule has 0 saturated carbocycles. The van der Waals surface area contributed by atoms with Crippen molar-refractivity contribution in [1.82, 2.24) is 4.98 Å². The number of hydrogen-bond donors (Lipinski definition) is 1. The Hall–Kier alpha value is -3.28. The molecule has 1 aromatic heterocycles. The Bertz CT molecular complexity index is 1240. The van der Waals surface area contributed by atoms with E-state index in [0.717, 1.165) is 64.6 Å². The van der Waals surface area contributed by atoms with Gasteiger partial charge in [-0.25, -0.2) is 4.99 Å². The van der Waals surface area contributed by atoms with Crippen LogP contribution in [0.25, 0.3) is 22.0 Å². The van der Waals surface area contributed by atoms with Gasteiger partial charge in [0.05, 0.1) is 30.7 Å². The van der Waals surface area contributed by atoms with Crippen LogP contribution in [0.2, 0.25) is 0 Å². The fourth-order valence-electron chi connectivity index (χ4n) is 4.89. The molecule has 0 amide bonds. The summed E-state index contributed by atoms with van der Waals surface area (Å²) < 4.78 is 17.2.